The third kappa shape index (κ3) is 7.02. The molecular formula is C42H48N14O6. The van der Waals surface area contributed by atoms with Crippen LogP contribution in [0.25, 0.3) is 11.5 Å². The number of amides is 6. The zero-order valence-electron chi connectivity index (χ0n) is 34.5. The van der Waals surface area contributed by atoms with Crippen molar-refractivity contribution in [2.24, 2.45) is 5.41 Å². The predicted molar refractivity (Wildman–Crippen MR) is 228 cm³/mol. The molecule has 8 heterocycles. The van der Waals surface area contributed by atoms with E-state index < -0.39 is 6.03 Å². The van der Waals surface area contributed by atoms with E-state index >= 15 is 0 Å². The third-order valence-corrected chi connectivity index (χ3v) is 13.0. The van der Waals surface area contributed by atoms with E-state index in [9.17, 15) is 24.0 Å². The van der Waals surface area contributed by atoms with Gasteiger partial charge in [-0.3, -0.25) is 33.8 Å². The van der Waals surface area contributed by atoms with Gasteiger partial charge >= 0.3 is 12.1 Å². The van der Waals surface area contributed by atoms with Crippen LogP contribution in [0.3, 0.4) is 0 Å². The van der Waals surface area contributed by atoms with Crippen LogP contribution in [0.4, 0.5) is 38.3 Å². The number of imide groups is 1. The second kappa shape index (κ2) is 15.5. The summed E-state index contributed by atoms with van der Waals surface area (Å²) in [5.74, 6) is 0.805. The SMILES string of the molecule is CNc1cc(Nc2cccn(-c3cc4n(n3)CCN(C(=O)N3CC5(CCN(c6ccc(N7CCC(=O)NC7=O)cc6)CC5)C3)C4)c2=O)nc2c(C(=O)N[C@@H]3CC[C@H]3OC)cnn12. The highest BCUT2D eigenvalue weighted by atomic mass is 16.5. The first-order chi connectivity index (χ1) is 30.1. The fourth-order valence-corrected chi connectivity index (χ4v) is 9.28. The van der Waals surface area contributed by atoms with Crippen LogP contribution in [0.5, 0.6) is 0 Å². The molecule has 4 aliphatic heterocycles. The molecule has 1 saturated carbocycles. The number of piperidine rings is 1. The fourth-order valence-electron chi connectivity index (χ4n) is 9.28. The Morgan fingerprint density at radius 2 is 1.73 bits per heavy atom. The number of nitrogens with one attached hydrogen (secondary N) is 4. The molecule has 2 atom stereocenters. The van der Waals surface area contributed by atoms with Gasteiger partial charge in [0.1, 0.15) is 22.9 Å². The number of ether oxygens (including phenoxy) is 1. The van der Waals surface area contributed by atoms with Crippen molar-refractivity contribution < 1.29 is 23.9 Å². The van der Waals surface area contributed by atoms with Crippen LogP contribution < -0.4 is 36.6 Å². The van der Waals surface area contributed by atoms with Gasteiger partial charge < -0.3 is 35.4 Å². The van der Waals surface area contributed by atoms with Crippen LogP contribution in [0.1, 0.15) is 48.2 Å². The Morgan fingerprint density at radius 3 is 2.45 bits per heavy atom. The van der Waals surface area contributed by atoms with Crippen LogP contribution in [-0.4, -0.2) is 128 Å². The number of anilines is 5. The number of aromatic nitrogens is 6. The lowest BCUT2D eigenvalue weighted by Gasteiger charge is -2.55. The largest absolute Gasteiger partial charge is 0.379 e. The number of hydrogen-bond acceptors (Lipinski definition) is 12. The number of likely N-dealkylation sites (tertiary alicyclic amines) is 1. The molecule has 20 heteroatoms. The van der Waals surface area contributed by atoms with Crippen LogP contribution in [-0.2, 0) is 22.6 Å². The van der Waals surface area contributed by atoms with Gasteiger partial charge in [-0.1, -0.05) is 0 Å². The molecule has 62 heavy (non-hydrogen) atoms. The normalized spacial score (nSPS) is 20.7. The van der Waals surface area contributed by atoms with E-state index in [-0.39, 0.29) is 53.1 Å². The van der Waals surface area contributed by atoms with Crippen LogP contribution in [0.15, 0.2) is 65.7 Å². The molecule has 0 bridgehead atoms. The Hall–Kier alpha value is -6.96. The smallest absolute Gasteiger partial charge is 0.328 e. The van der Waals surface area contributed by atoms with Crippen molar-refractivity contribution in [3.8, 4) is 5.82 Å². The van der Waals surface area contributed by atoms with Crippen molar-refractivity contribution in [3.05, 3.63) is 82.5 Å². The summed E-state index contributed by atoms with van der Waals surface area (Å²) in [5, 5.41) is 20.8. The molecule has 3 saturated heterocycles. The van der Waals surface area contributed by atoms with Gasteiger partial charge in [0.05, 0.1) is 37.1 Å². The molecule has 1 aliphatic carbocycles. The molecule has 6 amide bonds. The zero-order valence-corrected chi connectivity index (χ0v) is 34.5. The number of pyridine rings is 1. The van der Waals surface area contributed by atoms with E-state index in [0.29, 0.717) is 54.8 Å². The molecule has 10 rings (SSSR count). The highest BCUT2D eigenvalue weighted by Crippen LogP contribution is 2.42. The minimum atomic E-state index is -0.390. The molecule has 0 radical (unpaired) electrons. The van der Waals surface area contributed by atoms with Gasteiger partial charge in [0.2, 0.25) is 5.91 Å². The number of urea groups is 2. The highest BCUT2D eigenvalue weighted by molar-refractivity contribution is 6.05. The zero-order chi connectivity index (χ0) is 42.7. The van der Waals surface area contributed by atoms with Gasteiger partial charge in [0.25, 0.3) is 11.5 Å². The summed E-state index contributed by atoms with van der Waals surface area (Å²) >= 11 is 0. The summed E-state index contributed by atoms with van der Waals surface area (Å²) in [6, 6.07) is 14.4. The first kappa shape index (κ1) is 39.2. The van der Waals surface area contributed by atoms with Crippen LogP contribution in [0, 0.1) is 5.41 Å². The summed E-state index contributed by atoms with van der Waals surface area (Å²) in [7, 11) is 3.38. The Labute approximate surface area is 355 Å². The summed E-state index contributed by atoms with van der Waals surface area (Å²) in [4.78, 5) is 77.2. The van der Waals surface area contributed by atoms with Crippen molar-refractivity contribution >= 4 is 58.2 Å². The molecule has 20 nitrogen and oxygen atoms in total. The van der Waals surface area contributed by atoms with Crippen molar-refractivity contribution in [3.63, 3.8) is 0 Å². The maximum atomic E-state index is 13.9. The summed E-state index contributed by atoms with van der Waals surface area (Å²) in [6.45, 7) is 4.97. The number of benzene rings is 1. The van der Waals surface area contributed by atoms with E-state index in [2.05, 4.69) is 36.2 Å². The predicted octanol–water partition coefficient (Wildman–Crippen LogP) is 2.75. The lowest BCUT2D eigenvalue weighted by Crippen LogP contribution is -2.64. The van der Waals surface area contributed by atoms with Crippen molar-refractivity contribution in [1.82, 2.24) is 49.4 Å². The van der Waals surface area contributed by atoms with Gasteiger partial charge in [-0.05, 0) is 62.1 Å². The molecule has 4 fully saturated rings. The Bertz CT molecular complexity index is 2640. The molecule has 1 spiro atoms. The standard InChI is InChI=1S/C42H48N14O6/c1-43-34-21-33(47-37-29(22-44-56(34)37)38(58)46-30-9-10-32(30)62-2)45-31-4-3-14-54(39(31)59)35-20-28-23-51(18-19-55(28)49-35)41(61)52-24-42(25-52)12-16-50(17-13-42)26-5-7-27(8-6-26)53-15-11-36(57)48-40(53)60/h3-8,14,20-22,30,32,43H,9-13,15-19,23-25H2,1-2H3,(H,45,47)(H,46,58)(H,48,57,60)/t30-,32-/m1/s1. The number of fused-ring (bicyclic) bond motifs is 2. The maximum Gasteiger partial charge on any atom is 0.328 e. The lowest BCUT2D eigenvalue weighted by atomic mass is 9.72. The van der Waals surface area contributed by atoms with E-state index in [4.69, 9.17) is 9.84 Å². The Kier molecular flexibility index (Phi) is 9.80. The first-order valence-electron chi connectivity index (χ1n) is 21.0. The monoisotopic (exact) mass is 844 g/mol. The average Bonchev–Trinajstić information content (AvgIpc) is 3.89. The third-order valence-electron chi connectivity index (χ3n) is 13.0. The summed E-state index contributed by atoms with van der Waals surface area (Å²) < 4.78 is 10.3. The quantitative estimate of drug-likeness (QED) is 0.169. The minimum Gasteiger partial charge on any atom is -0.379 e. The first-order valence-corrected chi connectivity index (χ1v) is 21.0. The number of nitrogens with zero attached hydrogens (tertiary/aromatic N) is 10. The molecule has 322 valence electrons. The lowest BCUT2D eigenvalue weighted by molar-refractivity contribution is -0.120. The molecular weight excluding hydrogens is 797 g/mol. The van der Waals surface area contributed by atoms with Crippen LogP contribution >= 0.6 is 0 Å². The van der Waals surface area contributed by atoms with Crippen molar-refractivity contribution in [1.29, 1.82) is 0 Å². The molecule has 0 unspecified atom stereocenters. The average molecular weight is 845 g/mol. The van der Waals surface area contributed by atoms with Gasteiger partial charge in [-0.25, -0.2) is 14.6 Å². The molecule has 4 aromatic heterocycles. The van der Waals surface area contributed by atoms with Crippen molar-refractivity contribution in [2.75, 3.05) is 73.9 Å². The Morgan fingerprint density at radius 1 is 0.935 bits per heavy atom. The Balaban J connectivity index is 0.762. The number of methoxy groups -OCH3 is 1. The number of carbonyl (C=O) groups is 4. The fraction of sp³-hybridized carbons (Fsp3) is 0.429. The molecule has 5 aromatic rings. The topological polar surface area (TPSA) is 209 Å². The number of hydrogen-bond donors (Lipinski definition) is 4. The molecule has 5 aliphatic rings. The van der Waals surface area contributed by atoms with Gasteiger partial charge in [0.15, 0.2) is 11.5 Å². The minimum absolute atomic E-state index is 0.0147. The number of carbonyl (C=O) groups excluding carboxylic acids is 4. The maximum absolute atomic E-state index is 13.9. The van der Waals surface area contributed by atoms with E-state index in [0.717, 1.165) is 68.9 Å². The summed E-state index contributed by atoms with van der Waals surface area (Å²) in [5.41, 5.74) is 3.34. The molecule has 1 aromatic carbocycles. The van der Waals surface area contributed by atoms with Gasteiger partial charge in [0, 0.05) is 95.0 Å². The van der Waals surface area contributed by atoms with E-state index in [1.807, 2.05) is 44.8 Å². The summed E-state index contributed by atoms with van der Waals surface area (Å²) in [6.07, 6.45) is 7.08. The van der Waals surface area contributed by atoms with Gasteiger partial charge in [-0.15, -0.1) is 0 Å². The number of rotatable bonds is 9. The van der Waals surface area contributed by atoms with E-state index in [1.54, 1.807) is 48.0 Å². The second-order valence-corrected chi connectivity index (χ2v) is 16.8. The second-order valence-electron chi connectivity index (χ2n) is 16.8. The highest BCUT2D eigenvalue weighted by Gasteiger charge is 2.48. The van der Waals surface area contributed by atoms with E-state index in [1.165, 1.54) is 10.8 Å². The molecule has 4 N–H and O–H groups in total. The van der Waals surface area contributed by atoms with Crippen LogP contribution in [0.2, 0.25) is 0 Å². The van der Waals surface area contributed by atoms with Gasteiger partial charge in [-0.2, -0.15) is 14.7 Å². The van der Waals surface area contributed by atoms with Crippen molar-refractivity contribution in [2.45, 2.75) is 57.3 Å².